The molecule has 1 aliphatic heterocycles. The highest BCUT2D eigenvalue weighted by molar-refractivity contribution is 8.34. The van der Waals surface area contributed by atoms with Crippen LogP contribution < -0.4 is 0 Å². The van der Waals surface area contributed by atoms with Crippen LogP contribution in [0, 0.1) is 0 Å². The molecule has 1 saturated heterocycles. The Morgan fingerprint density at radius 2 is 1.36 bits per heavy atom. The van der Waals surface area contributed by atoms with E-state index in [1.54, 1.807) is 0 Å². The van der Waals surface area contributed by atoms with Crippen molar-refractivity contribution >= 4 is 10.0 Å². The minimum Gasteiger partial charge on any atom is -0.239 e. The molecule has 11 heavy (non-hydrogen) atoms. The molecule has 0 saturated carbocycles. The summed E-state index contributed by atoms with van der Waals surface area (Å²) in [6, 6.07) is 0. The summed E-state index contributed by atoms with van der Waals surface area (Å²) in [7, 11) is -0.256. The molecule has 1 fully saturated rings. The topological polar surface area (TPSA) is 0 Å². The highest BCUT2D eigenvalue weighted by Crippen LogP contribution is 2.58. The van der Waals surface area contributed by atoms with Crippen molar-refractivity contribution in [2.75, 3.05) is 17.8 Å². The van der Waals surface area contributed by atoms with Crippen molar-refractivity contribution in [3.05, 3.63) is 0 Å². The molecule has 0 aliphatic carbocycles. The van der Waals surface area contributed by atoms with Gasteiger partial charge in [0.15, 0.2) is 0 Å². The Morgan fingerprint density at radius 3 is 1.64 bits per heavy atom. The molecule has 0 radical (unpaired) electrons. The zero-order valence-corrected chi connectivity index (χ0v) is 9.26. The lowest BCUT2D eigenvalue weighted by atomic mass is 10.2. The Labute approximate surface area is 73.1 Å². The fourth-order valence-corrected chi connectivity index (χ4v) is 4.84. The molecule has 1 heterocycles. The third kappa shape index (κ3) is 1.93. The summed E-state index contributed by atoms with van der Waals surface area (Å²) in [5, 5.41) is 0. The monoisotopic (exact) mass is 174 g/mol. The van der Waals surface area contributed by atoms with Crippen LogP contribution in [0.4, 0.5) is 0 Å². The molecule has 0 bridgehead atoms. The van der Waals surface area contributed by atoms with Crippen LogP contribution in [-0.2, 0) is 0 Å². The van der Waals surface area contributed by atoms with Gasteiger partial charge in [-0.2, -0.15) is 0 Å². The quantitative estimate of drug-likeness (QED) is 0.528. The second kappa shape index (κ2) is 3.01. The lowest BCUT2D eigenvalue weighted by Gasteiger charge is -2.50. The van der Waals surface area contributed by atoms with Gasteiger partial charge in [-0.25, -0.2) is 10.0 Å². The maximum Gasteiger partial charge on any atom is -0.00846 e. The Kier molecular flexibility index (Phi) is 2.58. The van der Waals surface area contributed by atoms with Crippen molar-refractivity contribution in [1.29, 1.82) is 0 Å². The summed E-state index contributed by atoms with van der Waals surface area (Å²) in [6.07, 6.45) is 7.01. The molecule has 0 amide bonds. The molecule has 1 aliphatic rings. The summed E-state index contributed by atoms with van der Waals surface area (Å²) in [6.45, 7) is 7.27. The molecule has 1 rings (SSSR count). The van der Waals surface area contributed by atoms with E-state index in [4.69, 9.17) is 0 Å². The largest absolute Gasteiger partial charge is 0.239 e. The molecule has 0 atom stereocenters. The van der Waals surface area contributed by atoms with Gasteiger partial charge in [-0.15, -0.1) is 0 Å². The molecule has 0 aromatic heterocycles. The summed E-state index contributed by atoms with van der Waals surface area (Å²) in [5.74, 6) is 3.05. The first kappa shape index (κ1) is 9.44. The Morgan fingerprint density at radius 1 is 0.909 bits per heavy atom. The van der Waals surface area contributed by atoms with Crippen LogP contribution in [0.25, 0.3) is 0 Å². The summed E-state index contributed by atoms with van der Waals surface area (Å²) < 4.78 is 0.591. The van der Waals surface area contributed by atoms with E-state index in [9.17, 15) is 0 Å². The Hall–Kier alpha value is 0.350. The highest BCUT2D eigenvalue weighted by Gasteiger charge is 2.32. The van der Waals surface area contributed by atoms with Gasteiger partial charge in [-0.05, 0) is 35.4 Å². The molecule has 0 nitrogen and oxygen atoms in total. The van der Waals surface area contributed by atoms with Crippen LogP contribution in [0.1, 0.15) is 40.0 Å². The SMILES string of the molecule is CC(C)(C)S1(C)CCCCC1. The summed E-state index contributed by atoms with van der Waals surface area (Å²) in [5.41, 5.74) is 0. The molecule has 0 aromatic carbocycles. The molecule has 68 valence electrons. The standard InChI is InChI=1S/C10H22S/c1-10(2,3)11(4)8-6-5-7-9-11/h5-9H2,1-4H3. The van der Waals surface area contributed by atoms with E-state index >= 15 is 0 Å². The van der Waals surface area contributed by atoms with Gasteiger partial charge in [-0.3, -0.25) is 0 Å². The van der Waals surface area contributed by atoms with E-state index in [2.05, 4.69) is 27.0 Å². The van der Waals surface area contributed by atoms with Crippen LogP contribution in [0.3, 0.4) is 0 Å². The number of hydrogen-bond donors (Lipinski definition) is 0. The Bertz CT molecular complexity index is 126. The molecular weight excluding hydrogens is 152 g/mol. The van der Waals surface area contributed by atoms with Gasteiger partial charge < -0.3 is 0 Å². The molecule has 0 unspecified atom stereocenters. The third-order valence-corrected chi connectivity index (χ3v) is 8.50. The van der Waals surface area contributed by atoms with Gasteiger partial charge in [0.2, 0.25) is 0 Å². The van der Waals surface area contributed by atoms with E-state index in [1.807, 2.05) is 0 Å². The van der Waals surface area contributed by atoms with E-state index < -0.39 is 0 Å². The first-order valence-electron chi connectivity index (χ1n) is 4.69. The van der Waals surface area contributed by atoms with E-state index in [0.29, 0.717) is 4.75 Å². The first-order chi connectivity index (χ1) is 4.96. The fraction of sp³-hybridized carbons (Fsp3) is 1.00. The first-order valence-corrected chi connectivity index (χ1v) is 7.07. The van der Waals surface area contributed by atoms with Crippen molar-refractivity contribution < 1.29 is 0 Å². The van der Waals surface area contributed by atoms with Crippen molar-refractivity contribution in [2.24, 2.45) is 0 Å². The van der Waals surface area contributed by atoms with Crippen LogP contribution in [-0.4, -0.2) is 22.5 Å². The van der Waals surface area contributed by atoms with E-state index in [-0.39, 0.29) is 10.0 Å². The predicted octanol–water partition coefficient (Wildman–Crippen LogP) is 3.40. The highest BCUT2D eigenvalue weighted by atomic mass is 32.3. The zero-order valence-electron chi connectivity index (χ0n) is 8.44. The predicted molar refractivity (Wildman–Crippen MR) is 56.9 cm³/mol. The van der Waals surface area contributed by atoms with Crippen molar-refractivity contribution in [2.45, 2.75) is 44.8 Å². The zero-order chi connectivity index (χ0) is 8.54. The lowest BCUT2D eigenvalue weighted by molar-refractivity contribution is 0.711. The van der Waals surface area contributed by atoms with Crippen LogP contribution in [0.5, 0.6) is 0 Å². The van der Waals surface area contributed by atoms with Gasteiger partial charge in [0.05, 0.1) is 0 Å². The molecular formula is C10H22S. The molecule has 0 spiro atoms. The normalized spacial score (nSPS) is 28.0. The van der Waals surface area contributed by atoms with Crippen molar-refractivity contribution in [3.63, 3.8) is 0 Å². The minimum absolute atomic E-state index is 0.256. The average Bonchev–Trinajstić information content (AvgIpc) is 1.87. The van der Waals surface area contributed by atoms with Gasteiger partial charge in [0.25, 0.3) is 0 Å². The van der Waals surface area contributed by atoms with Gasteiger partial charge in [0.1, 0.15) is 0 Å². The molecule has 0 N–H and O–H groups in total. The third-order valence-electron chi connectivity index (χ3n) is 3.17. The smallest absolute Gasteiger partial charge is 0.00846 e. The van der Waals surface area contributed by atoms with Crippen molar-refractivity contribution in [3.8, 4) is 0 Å². The second-order valence-electron chi connectivity index (χ2n) is 4.86. The van der Waals surface area contributed by atoms with Crippen LogP contribution in [0.15, 0.2) is 0 Å². The van der Waals surface area contributed by atoms with E-state index in [1.165, 1.54) is 30.8 Å². The van der Waals surface area contributed by atoms with E-state index in [0.717, 1.165) is 0 Å². The number of rotatable bonds is 0. The maximum atomic E-state index is 2.55. The summed E-state index contributed by atoms with van der Waals surface area (Å²) in [4.78, 5) is 0. The Balaban J connectivity index is 2.64. The second-order valence-corrected chi connectivity index (χ2v) is 9.45. The van der Waals surface area contributed by atoms with Crippen LogP contribution in [0.2, 0.25) is 0 Å². The average molecular weight is 174 g/mol. The van der Waals surface area contributed by atoms with Gasteiger partial charge >= 0.3 is 0 Å². The lowest BCUT2D eigenvalue weighted by Crippen LogP contribution is -2.31. The maximum absolute atomic E-state index is 2.55. The summed E-state index contributed by atoms with van der Waals surface area (Å²) >= 11 is 0. The molecule has 0 aromatic rings. The molecule has 1 heteroatoms. The van der Waals surface area contributed by atoms with Gasteiger partial charge in [-0.1, -0.05) is 27.2 Å². The number of hydrogen-bond acceptors (Lipinski definition) is 0. The van der Waals surface area contributed by atoms with Gasteiger partial charge in [0, 0.05) is 0 Å². The van der Waals surface area contributed by atoms with Crippen molar-refractivity contribution in [1.82, 2.24) is 0 Å². The minimum atomic E-state index is -0.256. The fourth-order valence-electron chi connectivity index (χ4n) is 1.73. The van der Waals surface area contributed by atoms with Crippen LogP contribution >= 0.6 is 10.0 Å².